The molecule has 136 valence electrons. The van der Waals surface area contributed by atoms with Crippen LogP contribution >= 0.6 is 0 Å². The van der Waals surface area contributed by atoms with Crippen LogP contribution in [0.5, 0.6) is 0 Å². The molecular formula is C21H26N4O. The third kappa shape index (κ3) is 3.73. The van der Waals surface area contributed by atoms with Crippen LogP contribution in [0.1, 0.15) is 30.1 Å². The Hall–Kier alpha value is -2.40. The van der Waals surface area contributed by atoms with E-state index in [1.54, 1.807) is 6.20 Å². The molecule has 0 bridgehead atoms. The molecule has 1 aliphatic heterocycles. The summed E-state index contributed by atoms with van der Waals surface area (Å²) in [6, 6.07) is 8.19. The van der Waals surface area contributed by atoms with Crippen LogP contribution in [0.2, 0.25) is 0 Å². The van der Waals surface area contributed by atoms with Crippen molar-refractivity contribution in [2.24, 2.45) is 5.92 Å². The van der Waals surface area contributed by atoms with Crippen molar-refractivity contribution < 1.29 is 4.42 Å². The fourth-order valence-electron chi connectivity index (χ4n) is 3.79. The molecular weight excluding hydrogens is 324 g/mol. The number of likely N-dealkylation sites (tertiary alicyclic amines) is 1. The van der Waals surface area contributed by atoms with Crippen molar-refractivity contribution in [3.63, 3.8) is 0 Å². The van der Waals surface area contributed by atoms with Gasteiger partial charge in [0.05, 0.1) is 6.54 Å². The molecule has 3 aromatic rings. The second-order valence-electron chi connectivity index (χ2n) is 7.31. The summed E-state index contributed by atoms with van der Waals surface area (Å²) < 4.78 is 8.07. The summed E-state index contributed by atoms with van der Waals surface area (Å²) in [5.74, 6) is 3.79. The highest BCUT2D eigenvalue weighted by atomic mass is 16.3. The maximum atomic E-state index is 5.72. The van der Waals surface area contributed by atoms with E-state index in [1.165, 1.54) is 18.5 Å². The van der Waals surface area contributed by atoms with Crippen molar-refractivity contribution >= 4 is 0 Å². The van der Waals surface area contributed by atoms with E-state index in [4.69, 9.17) is 4.42 Å². The first kappa shape index (κ1) is 17.0. The SMILES string of the molecule is Cc1ccc(CN2CCC(Cn3c(C)cnc3-c3cccnc3)CC2)o1. The first-order valence-corrected chi connectivity index (χ1v) is 9.39. The van der Waals surface area contributed by atoms with Gasteiger partial charge in [0, 0.05) is 36.4 Å². The zero-order valence-electron chi connectivity index (χ0n) is 15.6. The van der Waals surface area contributed by atoms with E-state index < -0.39 is 0 Å². The van der Waals surface area contributed by atoms with Crippen LogP contribution in [0.15, 0.2) is 47.3 Å². The van der Waals surface area contributed by atoms with E-state index in [0.717, 1.165) is 49.1 Å². The van der Waals surface area contributed by atoms with E-state index in [2.05, 4.69) is 38.5 Å². The zero-order valence-corrected chi connectivity index (χ0v) is 15.6. The Bertz CT molecular complexity index is 844. The molecule has 0 aromatic carbocycles. The van der Waals surface area contributed by atoms with Crippen LogP contribution in [0, 0.1) is 19.8 Å². The molecule has 4 rings (SSSR count). The number of furan rings is 1. The number of hydrogen-bond donors (Lipinski definition) is 0. The van der Waals surface area contributed by atoms with Crippen molar-refractivity contribution in [3.05, 3.63) is 60.1 Å². The molecule has 5 heteroatoms. The van der Waals surface area contributed by atoms with Crippen molar-refractivity contribution in [2.75, 3.05) is 13.1 Å². The Kier molecular flexibility index (Phi) is 4.89. The van der Waals surface area contributed by atoms with Gasteiger partial charge in [-0.25, -0.2) is 4.98 Å². The van der Waals surface area contributed by atoms with Crippen LogP contribution in [0.4, 0.5) is 0 Å². The van der Waals surface area contributed by atoms with Gasteiger partial charge in [-0.15, -0.1) is 0 Å². The lowest BCUT2D eigenvalue weighted by Gasteiger charge is -2.32. The van der Waals surface area contributed by atoms with E-state index in [-0.39, 0.29) is 0 Å². The Morgan fingerprint density at radius 2 is 1.96 bits per heavy atom. The standard InChI is InChI=1S/C21H26N4O/c1-16-12-23-21(19-4-3-9-22-13-19)25(16)14-18-7-10-24(11-8-18)15-20-6-5-17(2)26-20/h3-6,9,12-13,18H,7-8,10-11,14-15H2,1-2H3. The van der Waals surface area contributed by atoms with Gasteiger partial charge in [0.1, 0.15) is 17.3 Å². The minimum absolute atomic E-state index is 0.688. The van der Waals surface area contributed by atoms with E-state index in [9.17, 15) is 0 Å². The van der Waals surface area contributed by atoms with Crippen LogP contribution < -0.4 is 0 Å². The summed E-state index contributed by atoms with van der Waals surface area (Å²) in [6.45, 7) is 8.35. The molecule has 3 aromatic heterocycles. The summed E-state index contributed by atoms with van der Waals surface area (Å²) in [6.07, 6.45) is 8.09. The molecule has 0 spiro atoms. The molecule has 0 amide bonds. The number of hydrogen-bond acceptors (Lipinski definition) is 4. The van der Waals surface area contributed by atoms with Gasteiger partial charge in [0.25, 0.3) is 0 Å². The van der Waals surface area contributed by atoms with Gasteiger partial charge >= 0.3 is 0 Å². The number of aryl methyl sites for hydroxylation is 2. The molecule has 0 atom stereocenters. The number of aromatic nitrogens is 3. The van der Waals surface area contributed by atoms with Gasteiger partial charge in [-0.3, -0.25) is 9.88 Å². The fraction of sp³-hybridized carbons (Fsp3) is 0.429. The molecule has 0 aliphatic carbocycles. The quantitative estimate of drug-likeness (QED) is 0.696. The first-order valence-electron chi connectivity index (χ1n) is 9.39. The Morgan fingerprint density at radius 1 is 1.12 bits per heavy atom. The molecule has 26 heavy (non-hydrogen) atoms. The largest absolute Gasteiger partial charge is 0.465 e. The van der Waals surface area contributed by atoms with E-state index in [1.807, 2.05) is 31.5 Å². The number of piperidine rings is 1. The summed E-state index contributed by atoms with van der Waals surface area (Å²) >= 11 is 0. The van der Waals surface area contributed by atoms with Gasteiger partial charge in [-0.2, -0.15) is 0 Å². The third-order valence-electron chi connectivity index (χ3n) is 5.30. The Morgan fingerprint density at radius 3 is 2.65 bits per heavy atom. The highest BCUT2D eigenvalue weighted by Gasteiger charge is 2.22. The highest BCUT2D eigenvalue weighted by Crippen LogP contribution is 2.25. The van der Waals surface area contributed by atoms with Gasteiger partial charge in [0.2, 0.25) is 0 Å². The third-order valence-corrected chi connectivity index (χ3v) is 5.30. The van der Waals surface area contributed by atoms with Gasteiger partial charge in [0.15, 0.2) is 0 Å². The Balaban J connectivity index is 1.38. The lowest BCUT2D eigenvalue weighted by atomic mass is 9.96. The summed E-state index contributed by atoms with van der Waals surface area (Å²) in [5, 5.41) is 0. The molecule has 0 unspecified atom stereocenters. The van der Waals surface area contributed by atoms with Crippen LogP contribution in [-0.4, -0.2) is 32.5 Å². The maximum absolute atomic E-state index is 5.72. The number of rotatable bonds is 5. The number of nitrogens with zero attached hydrogens (tertiary/aromatic N) is 4. The molecule has 1 fully saturated rings. The molecule has 1 aliphatic rings. The molecule has 4 heterocycles. The highest BCUT2D eigenvalue weighted by molar-refractivity contribution is 5.54. The van der Waals surface area contributed by atoms with Crippen LogP contribution in [0.3, 0.4) is 0 Å². The lowest BCUT2D eigenvalue weighted by molar-refractivity contribution is 0.157. The van der Waals surface area contributed by atoms with Crippen LogP contribution in [0.25, 0.3) is 11.4 Å². The van der Waals surface area contributed by atoms with Gasteiger partial charge in [-0.05, 0) is 70.0 Å². The summed E-state index contributed by atoms with van der Waals surface area (Å²) in [5.41, 5.74) is 2.31. The molecule has 0 saturated carbocycles. The minimum Gasteiger partial charge on any atom is -0.465 e. The normalized spacial score (nSPS) is 16.2. The van der Waals surface area contributed by atoms with E-state index in [0.29, 0.717) is 5.92 Å². The predicted molar refractivity (Wildman–Crippen MR) is 102 cm³/mol. The molecule has 0 radical (unpaired) electrons. The van der Waals surface area contributed by atoms with Crippen molar-refractivity contribution in [1.29, 1.82) is 0 Å². The zero-order chi connectivity index (χ0) is 17.9. The first-order chi connectivity index (χ1) is 12.7. The molecule has 0 N–H and O–H groups in total. The summed E-state index contributed by atoms with van der Waals surface area (Å²) in [7, 11) is 0. The monoisotopic (exact) mass is 350 g/mol. The second kappa shape index (κ2) is 7.46. The van der Waals surface area contributed by atoms with Gasteiger partial charge in [-0.1, -0.05) is 0 Å². The Labute approximate surface area is 154 Å². The van der Waals surface area contributed by atoms with Crippen LogP contribution in [-0.2, 0) is 13.1 Å². The average Bonchev–Trinajstić information content (AvgIpc) is 3.23. The van der Waals surface area contributed by atoms with E-state index >= 15 is 0 Å². The topological polar surface area (TPSA) is 47.1 Å². The maximum Gasteiger partial charge on any atom is 0.141 e. The lowest BCUT2D eigenvalue weighted by Crippen LogP contribution is -2.34. The second-order valence-corrected chi connectivity index (χ2v) is 7.31. The molecule has 5 nitrogen and oxygen atoms in total. The summed E-state index contributed by atoms with van der Waals surface area (Å²) in [4.78, 5) is 11.4. The van der Waals surface area contributed by atoms with Crippen molar-refractivity contribution in [3.8, 4) is 11.4 Å². The number of imidazole rings is 1. The number of pyridine rings is 1. The van der Waals surface area contributed by atoms with Crippen molar-refractivity contribution in [1.82, 2.24) is 19.4 Å². The molecule has 1 saturated heterocycles. The van der Waals surface area contributed by atoms with Gasteiger partial charge < -0.3 is 8.98 Å². The van der Waals surface area contributed by atoms with Crippen molar-refractivity contribution in [2.45, 2.75) is 39.8 Å². The smallest absolute Gasteiger partial charge is 0.141 e. The average molecular weight is 350 g/mol. The predicted octanol–water partition coefficient (Wildman–Crippen LogP) is 4.07. The fourth-order valence-corrected chi connectivity index (χ4v) is 3.79. The minimum atomic E-state index is 0.688.